The van der Waals surface area contributed by atoms with Crippen molar-refractivity contribution in [2.24, 2.45) is 4.99 Å². The van der Waals surface area contributed by atoms with Gasteiger partial charge in [0.1, 0.15) is 11.6 Å². The molecule has 0 bridgehead atoms. The van der Waals surface area contributed by atoms with Crippen LogP contribution in [-0.4, -0.2) is 46.7 Å². The van der Waals surface area contributed by atoms with E-state index in [0.717, 1.165) is 42.7 Å². The van der Waals surface area contributed by atoms with E-state index in [9.17, 15) is 0 Å². The minimum Gasteiger partial charge on any atom is -0.369 e. The summed E-state index contributed by atoms with van der Waals surface area (Å²) in [6, 6.07) is 13.2. The molecule has 0 aliphatic carbocycles. The second-order valence-electron chi connectivity index (χ2n) is 7.71. The molecule has 0 radical (unpaired) electrons. The summed E-state index contributed by atoms with van der Waals surface area (Å²) in [6.07, 6.45) is 6.69. The molecule has 2 N–H and O–H groups in total. The molecule has 0 saturated carbocycles. The van der Waals surface area contributed by atoms with Gasteiger partial charge in [-0.15, -0.1) is 0 Å². The van der Waals surface area contributed by atoms with Crippen LogP contribution in [0.5, 0.6) is 0 Å². The minimum absolute atomic E-state index is 0.377. The number of aryl methyl sites for hydroxylation is 2. The van der Waals surface area contributed by atoms with Gasteiger partial charge in [0.05, 0.1) is 0 Å². The molecule has 7 nitrogen and oxygen atoms in total. The smallest absolute Gasteiger partial charge is 0.191 e. The number of hydrogen-bond donors (Lipinski definition) is 2. The van der Waals surface area contributed by atoms with Crippen molar-refractivity contribution in [2.45, 2.75) is 32.9 Å². The SMILES string of the molecule is CN=C(NCc1ccc(-n2ccnc2C)nc1)NC1CCN(c2ccc(C)cc2)C1. The monoisotopic (exact) mass is 403 g/mol. The highest BCUT2D eigenvalue weighted by Gasteiger charge is 2.23. The van der Waals surface area contributed by atoms with Gasteiger partial charge in [0.25, 0.3) is 0 Å². The maximum Gasteiger partial charge on any atom is 0.191 e. The first-order valence-corrected chi connectivity index (χ1v) is 10.4. The second kappa shape index (κ2) is 8.98. The molecule has 1 fully saturated rings. The predicted molar refractivity (Wildman–Crippen MR) is 121 cm³/mol. The summed E-state index contributed by atoms with van der Waals surface area (Å²) in [7, 11) is 1.81. The maximum atomic E-state index is 4.55. The Balaban J connectivity index is 1.29. The zero-order valence-electron chi connectivity index (χ0n) is 17.8. The van der Waals surface area contributed by atoms with Crippen molar-refractivity contribution in [1.29, 1.82) is 0 Å². The summed E-state index contributed by atoms with van der Waals surface area (Å²) in [5.41, 5.74) is 3.68. The van der Waals surface area contributed by atoms with Gasteiger partial charge in [-0.05, 0) is 44.0 Å². The number of aromatic nitrogens is 3. The number of pyridine rings is 1. The van der Waals surface area contributed by atoms with Crippen LogP contribution < -0.4 is 15.5 Å². The van der Waals surface area contributed by atoms with Crippen molar-refractivity contribution in [3.05, 3.63) is 71.9 Å². The molecule has 1 aliphatic rings. The Bertz CT molecular complexity index is 989. The minimum atomic E-state index is 0.377. The fraction of sp³-hybridized carbons (Fsp3) is 0.348. The summed E-state index contributed by atoms with van der Waals surface area (Å²) in [5, 5.41) is 6.95. The van der Waals surface area contributed by atoms with E-state index in [0.29, 0.717) is 12.6 Å². The Morgan fingerprint density at radius 1 is 1.13 bits per heavy atom. The van der Waals surface area contributed by atoms with E-state index >= 15 is 0 Å². The Hall–Kier alpha value is -3.35. The third-order valence-electron chi connectivity index (χ3n) is 5.49. The first kappa shape index (κ1) is 19.9. The summed E-state index contributed by atoms with van der Waals surface area (Å²) < 4.78 is 1.97. The number of hydrogen-bond acceptors (Lipinski definition) is 4. The van der Waals surface area contributed by atoms with Crippen molar-refractivity contribution in [2.75, 3.05) is 25.0 Å². The first-order valence-electron chi connectivity index (χ1n) is 10.4. The molecule has 1 aromatic carbocycles. The number of benzene rings is 1. The number of anilines is 1. The number of nitrogens with one attached hydrogen (secondary N) is 2. The molecule has 7 heteroatoms. The summed E-state index contributed by atoms with van der Waals surface area (Å²) in [4.78, 5) is 15.6. The average Bonchev–Trinajstić information content (AvgIpc) is 3.41. The fourth-order valence-electron chi connectivity index (χ4n) is 3.73. The molecule has 1 saturated heterocycles. The van der Waals surface area contributed by atoms with Crippen LogP contribution in [0.4, 0.5) is 5.69 Å². The number of rotatable bonds is 5. The molecule has 4 rings (SSSR count). The van der Waals surface area contributed by atoms with Gasteiger partial charge in [-0.25, -0.2) is 9.97 Å². The lowest BCUT2D eigenvalue weighted by molar-refractivity contribution is 0.648. The summed E-state index contributed by atoms with van der Waals surface area (Å²) >= 11 is 0. The Morgan fingerprint density at radius 2 is 1.97 bits per heavy atom. The average molecular weight is 404 g/mol. The standard InChI is InChI=1S/C23H29N7/c1-17-4-7-21(8-5-17)29-12-10-20(16-29)28-23(24-3)27-15-19-6-9-22(26-14-19)30-13-11-25-18(30)2/h4-9,11,13-14,20H,10,12,15-16H2,1-3H3,(H2,24,27,28). The zero-order chi connectivity index (χ0) is 20.9. The lowest BCUT2D eigenvalue weighted by atomic mass is 10.2. The quantitative estimate of drug-likeness (QED) is 0.506. The molecule has 1 unspecified atom stereocenters. The van der Waals surface area contributed by atoms with Gasteiger partial charge in [-0.3, -0.25) is 9.56 Å². The van der Waals surface area contributed by atoms with Crippen LogP contribution in [-0.2, 0) is 6.54 Å². The van der Waals surface area contributed by atoms with Crippen LogP contribution >= 0.6 is 0 Å². The van der Waals surface area contributed by atoms with E-state index in [1.807, 2.05) is 37.0 Å². The van der Waals surface area contributed by atoms with Gasteiger partial charge in [-0.2, -0.15) is 0 Å². The molecular formula is C23H29N7. The normalized spacial score (nSPS) is 16.7. The van der Waals surface area contributed by atoms with Gasteiger partial charge in [0, 0.05) is 57.0 Å². The number of nitrogens with zero attached hydrogens (tertiary/aromatic N) is 5. The van der Waals surface area contributed by atoms with Gasteiger partial charge in [-0.1, -0.05) is 23.8 Å². The molecule has 0 spiro atoms. The Labute approximate surface area is 177 Å². The number of imidazole rings is 1. The lowest BCUT2D eigenvalue weighted by Gasteiger charge is -2.20. The predicted octanol–water partition coefficient (Wildman–Crippen LogP) is 2.83. The van der Waals surface area contributed by atoms with Crippen molar-refractivity contribution in [3.63, 3.8) is 0 Å². The van der Waals surface area contributed by atoms with Crippen molar-refractivity contribution >= 4 is 11.6 Å². The molecule has 2 aromatic heterocycles. The number of guanidine groups is 1. The molecular weight excluding hydrogens is 374 g/mol. The maximum absolute atomic E-state index is 4.55. The molecule has 3 heterocycles. The molecule has 30 heavy (non-hydrogen) atoms. The first-order chi connectivity index (χ1) is 14.6. The van der Waals surface area contributed by atoms with Gasteiger partial charge < -0.3 is 15.5 Å². The topological polar surface area (TPSA) is 70.4 Å². The molecule has 156 valence electrons. The Kier molecular flexibility index (Phi) is 5.97. The van der Waals surface area contributed by atoms with Crippen molar-refractivity contribution in [1.82, 2.24) is 25.2 Å². The fourth-order valence-corrected chi connectivity index (χ4v) is 3.73. The highest BCUT2D eigenvalue weighted by Crippen LogP contribution is 2.20. The Morgan fingerprint density at radius 3 is 2.63 bits per heavy atom. The van der Waals surface area contributed by atoms with E-state index in [1.54, 1.807) is 6.20 Å². The van der Waals surface area contributed by atoms with Crippen LogP contribution in [0.3, 0.4) is 0 Å². The van der Waals surface area contributed by atoms with Crippen LogP contribution in [0.2, 0.25) is 0 Å². The summed E-state index contributed by atoms with van der Waals surface area (Å²) in [5.74, 6) is 2.62. The number of aliphatic imine (C=N–C) groups is 1. The van der Waals surface area contributed by atoms with Gasteiger partial charge in [0.2, 0.25) is 0 Å². The van der Waals surface area contributed by atoms with Crippen LogP contribution in [0.1, 0.15) is 23.4 Å². The zero-order valence-corrected chi connectivity index (χ0v) is 17.8. The molecule has 0 amide bonds. The lowest BCUT2D eigenvalue weighted by Crippen LogP contribution is -2.44. The summed E-state index contributed by atoms with van der Waals surface area (Å²) in [6.45, 7) is 6.79. The molecule has 1 atom stereocenters. The third kappa shape index (κ3) is 4.62. The van der Waals surface area contributed by atoms with E-state index < -0.39 is 0 Å². The van der Waals surface area contributed by atoms with E-state index in [-0.39, 0.29) is 0 Å². The molecule has 3 aromatic rings. The van der Waals surface area contributed by atoms with E-state index in [1.165, 1.54) is 11.3 Å². The van der Waals surface area contributed by atoms with Crippen LogP contribution in [0, 0.1) is 13.8 Å². The van der Waals surface area contributed by atoms with Crippen LogP contribution in [0.25, 0.3) is 5.82 Å². The third-order valence-corrected chi connectivity index (χ3v) is 5.49. The van der Waals surface area contributed by atoms with Gasteiger partial charge in [0.15, 0.2) is 5.96 Å². The van der Waals surface area contributed by atoms with E-state index in [2.05, 4.69) is 67.7 Å². The highest BCUT2D eigenvalue weighted by molar-refractivity contribution is 5.80. The van der Waals surface area contributed by atoms with Crippen molar-refractivity contribution < 1.29 is 0 Å². The second-order valence-corrected chi connectivity index (χ2v) is 7.71. The van der Waals surface area contributed by atoms with E-state index in [4.69, 9.17) is 0 Å². The molecule has 1 aliphatic heterocycles. The van der Waals surface area contributed by atoms with Crippen molar-refractivity contribution in [3.8, 4) is 5.82 Å². The largest absolute Gasteiger partial charge is 0.369 e. The van der Waals surface area contributed by atoms with Gasteiger partial charge >= 0.3 is 0 Å². The highest BCUT2D eigenvalue weighted by atomic mass is 15.2. The van der Waals surface area contributed by atoms with Crippen LogP contribution in [0.15, 0.2) is 60.0 Å².